The topological polar surface area (TPSA) is 70.3 Å². The highest BCUT2D eigenvalue weighted by Gasteiger charge is 2.29. The van der Waals surface area contributed by atoms with E-state index in [9.17, 15) is 4.79 Å². The number of rotatable bonds is 2. The number of benzene rings is 1. The Labute approximate surface area is 105 Å². The minimum Gasteiger partial charge on any atom is -0.497 e. The molecule has 0 heterocycles. The first-order chi connectivity index (χ1) is 8.58. The van der Waals surface area contributed by atoms with Gasteiger partial charge in [-0.1, -0.05) is 13.0 Å². The highest BCUT2D eigenvalue weighted by Crippen LogP contribution is 2.40. The van der Waals surface area contributed by atoms with Gasteiger partial charge in [-0.2, -0.15) is 5.26 Å². The number of ether oxygens (including phenoxy) is 1. The molecule has 0 saturated carbocycles. The van der Waals surface area contributed by atoms with Crippen LogP contribution < -0.4 is 4.74 Å². The Balaban J connectivity index is 2.62. The van der Waals surface area contributed by atoms with Gasteiger partial charge in [0.1, 0.15) is 17.4 Å². The molecule has 4 nitrogen and oxygen atoms in total. The van der Waals surface area contributed by atoms with E-state index in [-0.39, 0.29) is 11.5 Å². The molecular formula is C14H13NO3. The first-order valence-electron chi connectivity index (χ1n) is 5.63. The number of fused-ring (bicyclic) bond motifs is 1. The second-order valence-electron chi connectivity index (χ2n) is 4.33. The first-order valence-corrected chi connectivity index (χ1v) is 5.63. The van der Waals surface area contributed by atoms with Gasteiger partial charge in [-0.15, -0.1) is 0 Å². The minimum atomic E-state index is -1.16. The molecule has 0 amide bonds. The maximum absolute atomic E-state index is 11.1. The van der Waals surface area contributed by atoms with Crippen LogP contribution in [0.25, 0.3) is 5.57 Å². The van der Waals surface area contributed by atoms with Crippen molar-refractivity contribution in [1.82, 2.24) is 0 Å². The van der Waals surface area contributed by atoms with Crippen LogP contribution >= 0.6 is 0 Å². The summed E-state index contributed by atoms with van der Waals surface area (Å²) in [4.78, 5) is 11.1. The van der Waals surface area contributed by atoms with Gasteiger partial charge in [0.25, 0.3) is 0 Å². The number of hydrogen-bond donors (Lipinski definition) is 1. The summed E-state index contributed by atoms with van der Waals surface area (Å²) in [6, 6.07) is 7.30. The summed E-state index contributed by atoms with van der Waals surface area (Å²) in [6.07, 6.45) is 0.736. The van der Waals surface area contributed by atoms with Crippen LogP contribution in [0.5, 0.6) is 5.75 Å². The van der Waals surface area contributed by atoms with Crippen LogP contribution in [0.1, 0.15) is 18.1 Å². The second-order valence-corrected chi connectivity index (χ2v) is 4.33. The maximum Gasteiger partial charge on any atom is 0.346 e. The summed E-state index contributed by atoms with van der Waals surface area (Å²) in [7, 11) is 1.59. The molecule has 0 aromatic heterocycles. The van der Waals surface area contributed by atoms with Crippen molar-refractivity contribution in [3.05, 3.63) is 34.9 Å². The Bertz CT molecular complexity index is 581. The summed E-state index contributed by atoms with van der Waals surface area (Å²) in [6.45, 7) is 1.93. The van der Waals surface area contributed by atoms with Crippen molar-refractivity contribution in [2.24, 2.45) is 5.92 Å². The first kappa shape index (κ1) is 12.2. The number of aliphatic carboxylic acids is 1. The Morgan fingerprint density at radius 1 is 1.56 bits per heavy atom. The van der Waals surface area contributed by atoms with Gasteiger partial charge in [-0.25, -0.2) is 4.79 Å². The normalized spacial score (nSPS) is 19.9. The molecule has 0 bridgehead atoms. The van der Waals surface area contributed by atoms with Crippen LogP contribution in [0.15, 0.2) is 23.8 Å². The van der Waals surface area contributed by atoms with Crippen molar-refractivity contribution in [2.75, 3.05) is 7.11 Å². The second kappa shape index (κ2) is 4.53. The molecule has 18 heavy (non-hydrogen) atoms. The van der Waals surface area contributed by atoms with Crippen molar-refractivity contribution >= 4 is 11.5 Å². The van der Waals surface area contributed by atoms with E-state index in [2.05, 4.69) is 0 Å². The van der Waals surface area contributed by atoms with Crippen LogP contribution in [-0.2, 0) is 11.2 Å². The van der Waals surface area contributed by atoms with Gasteiger partial charge in [0, 0.05) is 0 Å². The molecule has 1 aliphatic carbocycles. The molecule has 92 valence electrons. The molecule has 0 fully saturated rings. The van der Waals surface area contributed by atoms with Crippen LogP contribution in [0, 0.1) is 17.2 Å². The standard InChI is InChI=1S/C14H13NO3/c1-8-5-9-6-10(18-2)3-4-11(9)13(8)12(7-15)14(16)17/h3-4,6,8H,5H2,1-2H3,(H,16,17)/b13-12-. The molecule has 1 atom stereocenters. The molecular weight excluding hydrogens is 230 g/mol. The molecule has 0 aliphatic heterocycles. The fourth-order valence-electron chi connectivity index (χ4n) is 2.43. The molecule has 1 N–H and O–H groups in total. The number of carboxylic acids is 1. The lowest BCUT2D eigenvalue weighted by Gasteiger charge is -2.07. The quantitative estimate of drug-likeness (QED) is 0.638. The van der Waals surface area contributed by atoms with E-state index in [1.807, 2.05) is 19.1 Å². The van der Waals surface area contributed by atoms with E-state index in [1.165, 1.54) is 0 Å². The largest absolute Gasteiger partial charge is 0.497 e. The van der Waals surface area contributed by atoms with Crippen molar-refractivity contribution in [3.63, 3.8) is 0 Å². The van der Waals surface area contributed by atoms with Crippen molar-refractivity contribution in [2.45, 2.75) is 13.3 Å². The summed E-state index contributed by atoms with van der Waals surface area (Å²) in [5.41, 5.74) is 2.35. The Morgan fingerprint density at radius 3 is 2.83 bits per heavy atom. The van der Waals surface area contributed by atoms with Gasteiger partial charge in [0.2, 0.25) is 0 Å². The van der Waals surface area contributed by atoms with E-state index < -0.39 is 5.97 Å². The molecule has 0 spiro atoms. The molecule has 0 radical (unpaired) electrons. The van der Waals surface area contributed by atoms with Crippen molar-refractivity contribution in [3.8, 4) is 11.8 Å². The van der Waals surface area contributed by atoms with Crippen LogP contribution in [0.3, 0.4) is 0 Å². The minimum absolute atomic E-state index is 0.0397. The highest BCUT2D eigenvalue weighted by molar-refractivity contribution is 6.02. The zero-order valence-corrected chi connectivity index (χ0v) is 10.2. The van der Waals surface area contributed by atoms with E-state index in [0.717, 1.165) is 23.3 Å². The average molecular weight is 243 g/mol. The third-order valence-corrected chi connectivity index (χ3v) is 3.22. The van der Waals surface area contributed by atoms with Crippen molar-refractivity contribution in [1.29, 1.82) is 5.26 Å². The summed E-state index contributed by atoms with van der Waals surface area (Å²) >= 11 is 0. The van der Waals surface area contributed by atoms with E-state index in [0.29, 0.717) is 5.57 Å². The predicted octanol–water partition coefficient (Wildman–Crippen LogP) is 2.25. The van der Waals surface area contributed by atoms with E-state index >= 15 is 0 Å². The van der Waals surface area contributed by atoms with Crippen LogP contribution in [0.4, 0.5) is 0 Å². The Morgan fingerprint density at radius 2 is 2.28 bits per heavy atom. The Hall–Kier alpha value is -2.28. The van der Waals surface area contributed by atoms with Gasteiger partial charge >= 0.3 is 5.97 Å². The number of nitrogens with zero attached hydrogens (tertiary/aromatic N) is 1. The van der Waals surface area contributed by atoms with Crippen molar-refractivity contribution < 1.29 is 14.6 Å². The zero-order valence-electron chi connectivity index (χ0n) is 10.2. The summed E-state index contributed by atoms with van der Waals surface area (Å²) in [5, 5.41) is 18.1. The average Bonchev–Trinajstić information content (AvgIpc) is 2.66. The molecule has 1 aliphatic rings. The number of allylic oxidation sites excluding steroid dienone is 1. The molecule has 4 heteroatoms. The smallest absolute Gasteiger partial charge is 0.346 e. The van der Waals surface area contributed by atoms with Gasteiger partial charge < -0.3 is 9.84 Å². The maximum atomic E-state index is 11.1. The lowest BCUT2D eigenvalue weighted by atomic mass is 9.96. The molecule has 2 rings (SSSR count). The number of carbonyl (C=O) groups is 1. The molecule has 1 aromatic rings. The van der Waals surface area contributed by atoms with E-state index in [4.69, 9.17) is 15.1 Å². The Kier molecular flexibility index (Phi) is 3.07. The van der Waals surface area contributed by atoms with Crippen LogP contribution in [-0.4, -0.2) is 18.2 Å². The van der Waals surface area contributed by atoms with Gasteiger partial charge in [-0.05, 0) is 41.2 Å². The highest BCUT2D eigenvalue weighted by atomic mass is 16.5. The SMILES string of the molecule is COc1ccc2c(c1)CC(C)/C2=C(\C#N)C(=O)O. The molecule has 0 saturated heterocycles. The zero-order chi connectivity index (χ0) is 13.3. The molecule has 1 aromatic carbocycles. The van der Waals surface area contributed by atoms with Gasteiger partial charge in [-0.3, -0.25) is 0 Å². The fourth-order valence-corrected chi connectivity index (χ4v) is 2.43. The summed E-state index contributed by atoms with van der Waals surface area (Å²) in [5.74, 6) is -0.378. The third-order valence-electron chi connectivity index (χ3n) is 3.22. The van der Waals surface area contributed by atoms with Gasteiger partial charge in [0.05, 0.1) is 7.11 Å². The number of methoxy groups -OCH3 is 1. The lowest BCUT2D eigenvalue weighted by molar-refractivity contribution is -0.132. The van der Waals surface area contributed by atoms with E-state index in [1.54, 1.807) is 19.2 Å². The summed E-state index contributed by atoms with van der Waals surface area (Å²) < 4.78 is 5.15. The monoisotopic (exact) mass is 243 g/mol. The third kappa shape index (κ3) is 1.84. The number of carboxylic acid groups (broad SMARTS) is 1. The fraction of sp³-hybridized carbons (Fsp3) is 0.286. The van der Waals surface area contributed by atoms with Gasteiger partial charge in [0.15, 0.2) is 0 Å². The lowest BCUT2D eigenvalue weighted by Crippen LogP contribution is -2.04. The predicted molar refractivity (Wildman–Crippen MR) is 66.0 cm³/mol. The molecule has 1 unspecified atom stereocenters. The number of hydrogen-bond acceptors (Lipinski definition) is 3. The van der Waals surface area contributed by atoms with Crippen LogP contribution in [0.2, 0.25) is 0 Å². The number of nitriles is 1.